The van der Waals surface area contributed by atoms with E-state index in [2.05, 4.69) is 15.9 Å². The molecule has 0 amide bonds. The monoisotopic (exact) mass is 284 g/mol. The van der Waals surface area contributed by atoms with Gasteiger partial charge in [0.1, 0.15) is 11.3 Å². The lowest BCUT2D eigenvalue weighted by Crippen LogP contribution is -2.07. The average molecular weight is 285 g/mol. The molecule has 0 radical (unpaired) electrons. The Morgan fingerprint density at radius 3 is 2.75 bits per heavy atom. The summed E-state index contributed by atoms with van der Waals surface area (Å²) in [5.41, 5.74) is 4.83. The highest BCUT2D eigenvalue weighted by Crippen LogP contribution is 2.29. The van der Waals surface area contributed by atoms with E-state index in [0.717, 1.165) is 0 Å². The van der Waals surface area contributed by atoms with E-state index in [1.165, 1.54) is 18.2 Å². The SMILES string of the molecule is Nc1c(Br)c2cc([N+](=O)[O-])ccc2oc1=O. The lowest BCUT2D eigenvalue weighted by Gasteiger charge is -2.01. The summed E-state index contributed by atoms with van der Waals surface area (Å²) in [6.45, 7) is 0. The van der Waals surface area contributed by atoms with E-state index < -0.39 is 10.5 Å². The number of nitro groups is 1. The van der Waals surface area contributed by atoms with E-state index in [1.54, 1.807) is 0 Å². The van der Waals surface area contributed by atoms with Crippen molar-refractivity contribution in [3.8, 4) is 0 Å². The van der Waals surface area contributed by atoms with Gasteiger partial charge in [0.15, 0.2) is 0 Å². The average Bonchev–Trinajstić information content (AvgIpc) is 2.25. The molecule has 0 unspecified atom stereocenters. The molecule has 1 heterocycles. The molecule has 16 heavy (non-hydrogen) atoms. The normalized spacial score (nSPS) is 10.6. The number of nitrogen functional groups attached to an aromatic ring is 1. The largest absolute Gasteiger partial charge is 0.421 e. The fourth-order valence-corrected chi connectivity index (χ4v) is 1.75. The number of nitrogens with two attached hydrogens (primary N) is 1. The van der Waals surface area contributed by atoms with Gasteiger partial charge in [0.05, 0.1) is 9.40 Å². The van der Waals surface area contributed by atoms with E-state index in [-0.39, 0.29) is 17.0 Å². The number of hydrogen-bond acceptors (Lipinski definition) is 5. The summed E-state index contributed by atoms with van der Waals surface area (Å²) >= 11 is 3.11. The van der Waals surface area contributed by atoms with Crippen molar-refractivity contribution in [2.75, 3.05) is 5.73 Å². The fraction of sp³-hybridized carbons (Fsp3) is 0. The molecule has 0 spiro atoms. The lowest BCUT2D eigenvalue weighted by atomic mass is 10.2. The van der Waals surface area contributed by atoms with E-state index in [4.69, 9.17) is 10.2 Å². The van der Waals surface area contributed by atoms with Crippen molar-refractivity contribution in [1.82, 2.24) is 0 Å². The van der Waals surface area contributed by atoms with Gasteiger partial charge >= 0.3 is 5.63 Å². The van der Waals surface area contributed by atoms with Gasteiger partial charge in [-0.3, -0.25) is 10.1 Å². The molecule has 0 aliphatic rings. The number of rotatable bonds is 1. The molecule has 1 aromatic heterocycles. The zero-order valence-corrected chi connectivity index (χ0v) is 9.35. The molecule has 0 aliphatic heterocycles. The first kappa shape index (κ1) is 10.6. The number of nitro benzene ring substituents is 1. The van der Waals surface area contributed by atoms with Crippen molar-refractivity contribution in [2.24, 2.45) is 0 Å². The van der Waals surface area contributed by atoms with Crippen LogP contribution < -0.4 is 11.4 Å². The van der Waals surface area contributed by atoms with E-state index in [9.17, 15) is 14.9 Å². The first-order valence-corrected chi connectivity index (χ1v) is 4.96. The molecular formula is C9H5BrN2O4. The Balaban J connectivity index is 2.88. The fourth-order valence-electron chi connectivity index (χ4n) is 1.28. The number of hydrogen-bond donors (Lipinski definition) is 1. The topological polar surface area (TPSA) is 99.4 Å². The van der Waals surface area contributed by atoms with Crippen LogP contribution >= 0.6 is 15.9 Å². The molecule has 0 fully saturated rings. The maximum atomic E-state index is 11.2. The molecule has 0 atom stereocenters. The highest BCUT2D eigenvalue weighted by Gasteiger charge is 2.13. The second-order valence-corrected chi connectivity index (χ2v) is 3.85. The Hall–Kier alpha value is -1.89. The number of anilines is 1. The van der Waals surface area contributed by atoms with Crippen molar-refractivity contribution < 1.29 is 9.34 Å². The van der Waals surface area contributed by atoms with Crippen LogP contribution in [-0.4, -0.2) is 4.92 Å². The van der Waals surface area contributed by atoms with Crippen LogP contribution in [-0.2, 0) is 0 Å². The van der Waals surface area contributed by atoms with Gasteiger partial charge in [-0.2, -0.15) is 0 Å². The third-order valence-corrected chi connectivity index (χ3v) is 2.92. The molecule has 6 nitrogen and oxygen atoms in total. The molecular weight excluding hydrogens is 280 g/mol. The molecule has 1 aromatic carbocycles. The summed E-state index contributed by atoms with van der Waals surface area (Å²) in [4.78, 5) is 21.3. The van der Waals surface area contributed by atoms with Gasteiger partial charge in [-0.25, -0.2) is 4.79 Å². The molecule has 2 aromatic rings. The third-order valence-electron chi connectivity index (χ3n) is 2.07. The number of nitrogens with zero attached hydrogens (tertiary/aromatic N) is 1. The molecule has 82 valence electrons. The van der Waals surface area contributed by atoms with Gasteiger partial charge in [-0.05, 0) is 22.0 Å². The molecule has 0 saturated carbocycles. The van der Waals surface area contributed by atoms with Gasteiger partial charge in [0, 0.05) is 17.5 Å². The quantitative estimate of drug-likeness (QED) is 0.491. The molecule has 0 bridgehead atoms. The van der Waals surface area contributed by atoms with Crippen molar-refractivity contribution in [3.63, 3.8) is 0 Å². The van der Waals surface area contributed by atoms with Gasteiger partial charge in [0.25, 0.3) is 5.69 Å². The Morgan fingerprint density at radius 2 is 2.12 bits per heavy atom. The summed E-state index contributed by atoms with van der Waals surface area (Å²) in [7, 11) is 0. The van der Waals surface area contributed by atoms with Crippen molar-refractivity contribution in [1.29, 1.82) is 0 Å². The maximum Gasteiger partial charge on any atom is 0.360 e. The maximum absolute atomic E-state index is 11.2. The number of halogens is 1. The van der Waals surface area contributed by atoms with Gasteiger partial charge in [-0.1, -0.05) is 0 Å². The molecule has 0 aliphatic carbocycles. The zero-order chi connectivity index (χ0) is 11.9. The van der Waals surface area contributed by atoms with Gasteiger partial charge in [-0.15, -0.1) is 0 Å². The lowest BCUT2D eigenvalue weighted by molar-refractivity contribution is -0.384. The van der Waals surface area contributed by atoms with Crippen LogP contribution in [0.2, 0.25) is 0 Å². The van der Waals surface area contributed by atoms with Crippen LogP contribution in [0.3, 0.4) is 0 Å². The number of benzene rings is 1. The van der Waals surface area contributed by atoms with Crippen LogP contribution in [0, 0.1) is 10.1 Å². The second kappa shape index (κ2) is 3.60. The van der Waals surface area contributed by atoms with E-state index >= 15 is 0 Å². The Morgan fingerprint density at radius 1 is 1.44 bits per heavy atom. The second-order valence-electron chi connectivity index (χ2n) is 3.05. The van der Waals surface area contributed by atoms with Crippen LogP contribution in [0.25, 0.3) is 11.0 Å². The molecule has 2 rings (SSSR count). The third kappa shape index (κ3) is 1.54. The van der Waals surface area contributed by atoms with Crippen molar-refractivity contribution >= 4 is 38.3 Å². The summed E-state index contributed by atoms with van der Waals surface area (Å²) in [6.07, 6.45) is 0. The first-order valence-electron chi connectivity index (χ1n) is 4.17. The standard InChI is InChI=1S/C9H5BrN2O4/c10-7-5-3-4(12(14)15)1-2-6(5)16-9(13)8(7)11/h1-3H,11H2. The van der Waals surface area contributed by atoms with E-state index in [1.807, 2.05) is 0 Å². The predicted octanol–water partition coefficient (Wildman–Crippen LogP) is 2.05. The Labute approximate surface area is 96.9 Å². The van der Waals surface area contributed by atoms with Crippen LogP contribution in [0.15, 0.2) is 31.9 Å². The minimum atomic E-state index is -0.673. The zero-order valence-electron chi connectivity index (χ0n) is 7.77. The molecule has 2 N–H and O–H groups in total. The molecule has 7 heteroatoms. The number of non-ortho nitro benzene ring substituents is 1. The summed E-state index contributed by atoms with van der Waals surface area (Å²) < 4.78 is 5.18. The van der Waals surface area contributed by atoms with Crippen LogP contribution in [0.4, 0.5) is 11.4 Å². The molecule has 0 saturated heterocycles. The first-order chi connectivity index (χ1) is 7.50. The van der Waals surface area contributed by atoms with Gasteiger partial charge < -0.3 is 10.2 Å². The Kier molecular flexibility index (Phi) is 2.39. The number of fused-ring (bicyclic) bond motifs is 1. The van der Waals surface area contributed by atoms with Crippen molar-refractivity contribution in [3.05, 3.63) is 43.2 Å². The minimum Gasteiger partial charge on any atom is -0.421 e. The summed E-state index contributed by atoms with van der Waals surface area (Å²) in [6, 6.07) is 3.91. The van der Waals surface area contributed by atoms with E-state index in [0.29, 0.717) is 9.86 Å². The highest BCUT2D eigenvalue weighted by molar-refractivity contribution is 9.10. The Bertz CT molecular complexity index is 650. The smallest absolute Gasteiger partial charge is 0.360 e. The minimum absolute atomic E-state index is 0.0959. The van der Waals surface area contributed by atoms with Crippen LogP contribution in [0.5, 0.6) is 0 Å². The summed E-state index contributed by atoms with van der Waals surface area (Å²) in [5, 5.41) is 11.0. The summed E-state index contributed by atoms with van der Waals surface area (Å²) in [5.74, 6) is 0. The predicted molar refractivity (Wildman–Crippen MR) is 61.3 cm³/mol. The van der Waals surface area contributed by atoms with Crippen molar-refractivity contribution in [2.45, 2.75) is 0 Å². The van der Waals surface area contributed by atoms with Gasteiger partial charge in [0.2, 0.25) is 0 Å². The van der Waals surface area contributed by atoms with Crippen LogP contribution in [0.1, 0.15) is 0 Å². The highest BCUT2D eigenvalue weighted by atomic mass is 79.9.